The fourth-order valence-electron chi connectivity index (χ4n) is 4.80. The molecule has 1 aliphatic heterocycles. The quantitative estimate of drug-likeness (QED) is 0.316. The predicted octanol–water partition coefficient (Wildman–Crippen LogP) is 6.12. The van der Waals surface area contributed by atoms with Gasteiger partial charge in [0.05, 0.1) is 16.3 Å². The molecular formula is C28H24ClFN6. The van der Waals surface area contributed by atoms with E-state index >= 15 is 4.39 Å². The van der Waals surface area contributed by atoms with Crippen LogP contribution >= 0.6 is 11.6 Å². The molecule has 0 bridgehead atoms. The summed E-state index contributed by atoms with van der Waals surface area (Å²) in [5, 5.41) is 0.0186. The van der Waals surface area contributed by atoms with E-state index < -0.39 is 5.82 Å². The fraction of sp³-hybridized carbons (Fsp3) is 0.179. The van der Waals surface area contributed by atoms with Crippen molar-refractivity contribution in [1.29, 1.82) is 0 Å². The Hall–Kier alpha value is -3.81. The first-order chi connectivity index (χ1) is 17.6. The number of anilines is 1. The van der Waals surface area contributed by atoms with Gasteiger partial charge in [-0.25, -0.2) is 19.3 Å². The van der Waals surface area contributed by atoms with Crippen LogP contribution in [0.1, 0.15) is 18.4 Å². The van der Waals surface area contributed by atoms with Gasteiger partial charge in [0.2, 0.25) is 0 Å². The molecule has 6 nitrogen and oxygen atoms in total. The molecule has 5 aromatic rings. The van der Waals surface area contributed by atoms with Crippen molar-refractivity contribution in [2.24, 2.45) is 0 Å². The molecule has 2 N–H and O–H groups in total. The Kier molecular flexibility index (Phi) is 5.87. The van der Waals surface area contributed by atoms with Crippen LogP contribution in [0.5, 0.6) is 0 Å². The molecule has 0 aliphatic carbocycles. The fourth-order valence-corrected chi connectivity index (χ4v) is 4.97. The lowest BCUT2D eigenvalue weighted by molar-refractivity contribution is 0.331. The Bertz CT molecular complexity index is 1560. The number of imidazole rings is 1. The van der Waals surface area contributed by atoms with E-state index in [1.54, 1.807) is 35.2 Å². The number of nitrogen functional groups attached to an aromatic ring is 1. The highest BCUT2D eigenvalue weighted by Crippen LogP contribution is 2.35. The number of aromatic nitrogens is 4. The Morgan fingerprint density at radius 2 is 1.75 bits per heavy atom. The molecule has 4 heterocycles. The highest BCUT2D eigenvalue weighted by molar-refractivity contribution is 6.30. The van der Waals surface area contributed by atoms with Crippen molar-refractivity contribution < 1.29 is 4.39 Å². The molecule has 1 saturated heterocycles. The maximum atomic E-state index is 15.2. The molecular weight excluding hydrogens is 475 g/mol. The van der Waals surface area contributed by atoms with Gasteiger partial charge in [-0.05, 0) is 67.4 Å². The summed E-state index contributed by atoms with van der Waals surface area (Å²) >= 11 is 6.11. The Balaban J connectivity index is 1.44. The molecule has 0 unspecified atom stereocenters. The molecule has 2 aromatic carbocycles. The van der Waals surface area contributed by atoms with Crippen molar-refractivity contribution in [3.8, 4) is 28.2 Å². The predicted molar refractivity (Wildman–Crippen MR) is 141 cm³/mol. The number of hydrogen-bond donors (Lipinski definition) is 1. The second-order valence-electron chi connectivity index (χ2n) is 9.03. The molecule has 180 valence electrons. The van der Waals surface area contributed by atoms with E-state index in [-0.39, 0.29) is 10.7 Å². The van der Waals surface area contributed by atoms with Crippen molar-refractivity contribution in [2.45, 2.75) is 19.4 Å². The molecule has 0 amide bonds. The molecule has 3 aromatic heterocycles. The lowest BCUT2D eigenvalue weighted by Gasteiger charge is -2.15. The summed E-state index contributed by atoms with van der Waals surface area (Å²) in [6.07, 6.45) is 5.95. The van der Waals surface area contributed by atoms with E-state index in [4.69, 9.17) is 22.3 Å². The van der Waals surface area contributed by atoms with Crippen molar-refractivity contribution in [2.75, 3.05) is 18.8 Å². The van der Waals surface area contributed by atoms with Gasteiger partial charge in [0.25, 0.3) is 0 Å². The van der Waals surface area contributed by atoms with Crippen LogP contribution in [0.15, 0.2) is 73.1 Å². The molecule has 36 heavy (non-hydrogen) atoms. The van der Waals surface area contributed by atoms with Crippen LogP contribution in [0, 0.1) is 5.82 Å². The summed E-state index contributed by atoms with van der Waals surface area (Å²) in [4.78, 5) is 16.2. The molecule has 8 heteroatoms. The summed E-state index contributed by atoms with van der Waals surface area (Å²) in [5.41, 5.74) is 11.5. The van der Waals surface area contributed by atoms with Crippen LogP contribution in [0.25, 0.3) is 39.4 Å². The van der Waals surface area contributed by atoms with Gasteiger partial charge in [0.15, 0.2) is 17.3 Å². The minimum absolute atomic E-state index is 0.0186. The van der Waals surface area contributed by atoms with Crippen LogP contribution in [-0.2, 0) is 6.54 Å². The summed E-state index contributed by atoms with van der Waals surface area (Å²) in [5.74, 6) is 0.187. The molecule has 0 spiro atoms. The van der Waals surface area contributed by atoms with Crippen LogP contribution in [0.4, 0.5) is 10.2 Å². The number of pyridine rings is 2. The van der Waals surface area contributed by atoms with E-state index in [1.165, 1.54) is 24.5 Å². The van der Waals surface area contributed by atoms with Gasteiger partial charge in [-0.15, -0.1) is 0 Å². The summed E-state index contributed by atoms with van der Waals surface area (Å²) in [7, 11) is 0. The van der Waals surface area contributed by atoms with Gasteiger partial charge in [-0.3, -0.25) is 9.47 Å². The van der Waals surface area contributed by atoms with Crippen LogP contribution in [0.3, 0.4) is 0 Å². The Morgan fingerprint density at radius 1 is 0.944 bits per heavy atom. The smallest absolute Gasteiger partial charge is 0.165 e. The summed E-state index contributed by atoms with van der Waals surface area (Å²) < 4.78 is 16.8. The van der Waals surface area contributed by atoms with Gasteiger partial charge in [-0.2, -0.15) is 0 Å². The highest BCUT2D eigenvalue weighted by atomic mass is 35.5. The largest absolute Gasteiger partial charge is 0.383 e. The first-order valence-electron chi connectivity index (χ1n) is 11.9. The average Bonchev–Trinajstić information content (AvgIpc) is 3.54. The molecule has 0 saturated carbocycles. The molecule has 6 rings (SSSR count). The van der Waals surface area contributed by atoms with E-state index in [2.05, 4.69) is 39.1 Å². The number of benzene rings is 2. The molecule has 0 atom stereocenters. The third kappa shape index (κ3) is 4.10. The summed E-state index contributed by atoms with van der Waals surface area (Å²) in [6, 6.07) is 18.9. The van der Waals surface area contributed by atoms with Crippen LogP contribution in [0.2, 0.25) is 5.02 Å². The van der Waals surface area contributed by atoms with Crippen molar-refractivity contribution >= 4 is 28.6 Å². The zero-order chi connectivity index (χ0) is 24.6. The number of nitrogens with two attached hydrogens (primary N) is 1. The van der Waals surface area contributed by atoms with E-state index in [0.717, 1.165) is 30.8 Å². The third-order valence-corrected chi connectivity index (χ3v) is 6.93. The number of hydrogen-bond acceptors (Lipinski definition) is 5. The van der Waals surface area contributed by atoms with Crippen molar-refractivity contribution in [1.82, 2.24) is 24.4 Å². The van der Waals surface area contributed by atoms with Gasteiger partial charge < -0.3 is 5.73 Å². The van der Waals surface area contributed by atoms with Gasteiger partial charge in [-0.1, -0.05) is 41.9 Å². The van der Waals surface area contributed by atoms with E-state index in [0.29, 0.717) is 28.4 Å². The molecule has 1 fully saturated rings. The number of rotatable bonds is 5. The minimum atomic E-state index is -0.554. The normalized spacial score (nSPS) is 14.1. The number of likely N-dealkylation sites (tertiary alicyclic amines) is 1. The molecule has 1 aliphatic rings. The maximum absolute atomic E-state index is 15.2. The number of halogens is 2. The third-order valence-electron chi connectivity index (χ3n) is 6.64. The zero-order valence-electron chi connectivity index (χ0n) is 19.5. The zero-order valence-corrected chi connectivity index (χ0v) is 20.3. The minimum Gasteiger partial charge on any atom is -0.383 e. The standard InChI is InChI=1S/C28H24ClFN6/c29-22-5-3-7-24(25(22)30)36-27(34-23-6-4-12-32-28(23)36)21-15-20(16-33-26(21)31)19-10-8-18(9-11-19)17-35-13-1-2-14-35/h3-12,15-16H,1-2,13-14,17H2,(H2,31,33). The topological polar surface area (TPSA) is 72.9 Å². The van der Waals surface area contributed by atoms with Gasteiger partial charge >= 0.3 is 0 Å². The lowest BCUT2D eigenvalue weighted by atomic mass is 10.0. The van der Waals surface area contributed by atoms with Gasteiger partial charge in [0, 0.05) is 24.5 Å². The van der Waals surface area contributed by atoms with Crippen LogP contribution < -0.4 is 5.73 Å². The number of fused-ring (bicyclic) bond motifs is 1. The van der Waals surface area contributed by atoms with E-state index in [9.17, 15) is 0 Å². The second-order valence-corrected chi connectivity index (χ2v) is 9.43. The highest BCUT2D eigenvalue weighted by Gasteiger charge is 2.21. The SMILES string of the molecule is Nc1ncc(-c2ccc(CN3CCCC3)cc2)cc1-c1nc2cccnc2n1-c1cccc(Cl)c1F. The number of nitrogens with zero attached hydrogens (tertiary/aromatic N) is 5. The molecule has 0 radical (unpaired) electrons. The van der Waals surface area contributed by atoms with Crippen molar-refractivity contribution in [3.63, 3.8) is 0 Å². The first kappa shape index (κ1) is 22.6. The Morgan fingerprint density at radius 3 is 2.56 bits per heavy atom. The summed E-state index contributed by atoms with van der Waals surface area (Å²) in [6.45, 7) is 3.29. The van der Waals surface area contributed by atoms with E-state index in [1.807, 2.05) is 12.1 Å². The lowest BCUT2D eigenvalue weighted by Crippen LogP contribution is -2.18. The second kappa shape index (κ2) is 9.33. The Labute approximate surface area is 213 Å². The monoisotopic (exact) mass is 498 g/mol. The maximum Gasteiger partial charge on any atom is 0.165 e. The van der Waals surface area contributed by atoms with Gasteiger partial charge in [0.1, 0.15) is 11.3 Å². The van der Waals surface area contributed by atoms with Crippen molar-refractivity contribution in [3.05, 3.63) is 89.5 Å². The van der Waals surface area contributed by atoms with Crippen LogP contribution in [-0.4, -0.2) is 37.5 Å². The first-order valence-corrected chi connectivity index (χ1v) is 12.3. The average molecular weight is 499 g/mol.